The Hall–Kier alpha value is -0.810. The van der Waals surface area contributed by atoms with Gasteiger partial charge in [-0.15, -0.1) is 12.4 Å². The van der Waals surface area contributed by atoms with Crippen molar-refractivity contribution in [1.82, 2.24) is 15.1 Å². The molecule has 0 bridgehead atoms. The second-order valence-corrected chi connectivity index (χ2v) is 6.35. The largest absolute Gasteiger partial charge is 0.341 e. The lowest BCUT2D eigenvalue weighted by molar-refractivity contribution is -0.147. The van der Waals surface area contributed by atoms with Crippen LogP contribution >= 0.6 is 12.4 Å². The van der Waals surface area contributed by atoms with Crippen molar-refractivity contribution in [1.29, 1.82) is 0 Å². The molecule has 2 atom stereocenters. The van der Waals surface area contributed by atoms with E-state index in [-0.39, 0.29) is 30.3 Å². The van der Waals surface area contributed by atoms with Gasteiger partial charge in [-0.1, -0.05) is 6.92 Å². The smallest absolute Gasteiger partial charge is 0.245 e. The van der Waals surface area contributed by atoms with E-state index in [0.29, 0.717) is 12.3 Å². The number of carbonyl (C=O) groups is 2. The minimum Gasteiger partial charge on any atom is -0.341 e. The number of hydrogen-bond donors (Lipinski definition) is 1. The van der Waals surface area contributed by atoms with Crippen molar-refractivity contribution in [2.24, 2.45) is 5.92 Å². The van der Waals surface area contributed by atoms with Gasteiger partial charge in [0.05, 0.1) is 0 Å². The Morgan fingerprint density at radius 1 is 1.18 bits per heavy atom. The maximum absolute atomic E-state index is 12.8. The van der Waals surface area contributed by atoms with Crippen LogP contribution < -0.4 is 5.32 Å². The Morgan fingerprint density at radius 2 is 1.95 bits per heavy atom. The number of rotatable bonds is 5. The first-order chi connectivity index (χ1) is 10.2. The Balaban J connectivity index is 0.00000242. The zero-order chi connectivity index (χ0) is 15.2. The highest BCUT2D eigenvalue weighted by Crippen LogP contribution is 2.23. The monoisotopic (exact) mass is 331 g/mol. The van der Waals surface area contributed by atoms with E-state index in [0.717, 1.165) is 58.3 Å². The maximum Gasteiger partial charge on any atom is 0.245 e. The minimum atomic E-state index is -0.203. The number of nitrogens with zero attached hydrogens (tertiary/aromatic N) is 2. The van der Waals surface area contributed by atoms with Crippen molar-refractivity contribution in [3.05, 3.63) is 0 Å². The van der Waals surface area contributed by atoms with Crippen LogP contribution in [0.15, 0.2) is 0 Å². The molecule has 2 aliphatic rings. The molecular formula is C16H30ClN3O2. The van der Waals surface area contributed by atoms with Crippen molar-refractivity contribution >= 4 is 24.2 Å². The molecular weight excluding hydrogens is 302 g/mol. The summed E-state index contributed by atoms with van der Waals surface area (Å²) < 4.78 is 0. The van der Waals surface area contributed by atoms with Crippen molar-refractivity contribution in [2.45, 2.75) is 51.5 Å². The number of hydrogen-bond acceptors (Lipinski definition) is 3. The van der Waals surface area contributed by atoms with Gasteiger partial charge in [-0.2, -0.15) is 0 Å². The summed E-state index contributed by atoms with van der Waals surface area (Å²) in [6, 6.07) is -0.203. The number of amides is 2. The summed E-state index contributed by atoms with van der Waals surface area (Å²) in [4.78, 5) is 28.8. The van der Waals surface area contributed by atoms with Crippen LogP contribution in [0.1, 0.15) is 45.4 Å². The first-order valence-corrected chi connectivity index (χ1v) is 8.40. The molecule has 128 valence electrons. The zero-order valence-corrected chi connectivity index (χ0v) is 14.7. The van der Waals surface area contributed by atoms with E-state index in [2.05, 4.69) is 5.32 Å². The van der Waals surface area contributed by atoms with Crippen molar-refractivity contribution in [3.63, 3.8) is 0 Å². The highest BCUT2D eigenvalue weighted by Gasteiger charge is 2.36. The third-order valence-corrected chi connectivity index (χ3v) is 4.66. The number of halogens is 1. The Bertz CT molecular complexity index is 378. The molecule has 6 heteroatoms. The molecule has 2 unspecified atom stereocenters. The Labute approximate surface area is 140 Å². The molecule has 0 spiro atoms. The molecule has 0 aromatic rings. The van der Waals surface area contributed by atoms with Gasteiger partial charge in [0.15, 0.2) is 0 Å². The summed E-state index contributed by atoms with van der Waals surface area (Å²) in [7, 11) is 1.96. The van der Waals surface area contributed by atoms with Crippen LogP contribution in [0.2, 0.25) is 0 Å². The molecule has 0 saturated carbocycles. The Kier molecular flexibility index (Phi) is 8.18. The van der Waals surface area contributed by atoms with E-state index in [9.17, 15) is 9.59 Å². The second-order valence-electron chi connectivity index (χ2n) is 6.35. The highest BCUT2D eigenvalue weighted by atomic mass is 35.5. The number of carbonyl (C=O) groups excluding carboxylic acids is 2. The third-order valence-electron chi connectivity index (χ3n) is 4.66. The van der Waals surface area contributed by atoms with Crippen LogP contribution in [0.3, 0.4) is 0 Å². The maximum atomic E-state index is 12.8. The van der Waals surface area contributed by atoms with E-state index in [1.807, 2.05) is 23.8 Å². The van der Waals surface area contributed by atoms with Crippen LogP contribution in [-0.4, -0.2) is 60.9 Å². The molecule has 2 amide bonds. The van der Waals surface area contributed by atoms with Gasteiger partial charge in [-0.05, 0) is 51.6 Å². The van der Waals surface area contributed by atoms with Crippen LogP contribution in [0.4, 0.5) is 0 Å². The molecule has 2 heterocycles. The highest BCUT2D eigenvalue weighted by molar-refractivity contribution is 5.88. The van der Waals surface area contributed by atoms with Gasteiger partial charge in [0.25, 0.3) is 0 Å². The fourth-order valence-corrected chi connectivity index (χ4v) is 3.54. The first-order valence-electron chi connectivity index (χ1n) is 8.40. The van der Waals surface area contributed by atoms with Gasteiger partial charge in [0, 0.05) is 26.1 Å². The quantitative estimate of drug-likeness (QED) is 0.833. The van der Waals surface area contributed by atoms with Crippen LogP contribution in [0.5, 0.6) is 0 Å². The second kappa shape index (κ2) is 9.36. The van der Waals surface area contributed by atoms with Gasteiger partial charge in [-0.3, -0.25) is 9.59 Å². The summed E-state index contributed by atoms with van der Waals surface area (Å²) in [5, 5.41) is 3.19. The normalized spacial score (nSPS) is 25.0. The van der Waals surface area contributed by atoms with Crippen LogP contribution in [-0.2, 0) is 9.59 Å². The van der Waals surface area contributed by atoms with Gasteiger partial charge < -0.3 is 15.1 Å². The molecule has 22 heavy (non-hydrogen) atoms. The molecule has 0 aromatic carbocycles. The molecule has 5 nitrogen and oxygen atoms in total. The fraction of sp³-hybridized carbons (Fsp3) is 0.875. The minimum absolute atomic E-state index is 0. The molecule has 0 radical (unpaired) electrons. The predicted octanol–water partition coefficient (Wildman–Crippen LogP) is 1.66. The van der Waals surface area contributed by atoms with E-state index in [1.165, 1.54) is 0 Å². The standard InChI is InChI=1S/C16H29N3O2.ClH/c1-3-6-15(20)19-9-5-4-7-14(19)16(21)18-10-8-13(12-18)11-17-2;/h13-14,17H,3-12H2,1-2H3;1H. The summed E-state index contributed by atoms with van der Waals surface area (Å²) in [5.41, 5.74) is 0. The van der Waals surface area contributed by atoms with Crippen LogP contribution in [0, 0.1) is 5.92 Å². The van der Waals surface area contributed by atoms with Gasteiger partial charge in [-0.25, -0.2) is 0 Å². The number of piperidine rings is 1. The SMILES string of the molecule is CCCC(=O)N1CCCCC1C(=O)N1CCC(CNC)C1.Cl. The lowest BCUT2D eigenvalue weighted by Gasteiger charge is -2.37. The van der Waals surface area contributed by atoms with Crippen molar-refractivity contribution < 1.29 is 9.59 Å². The average Bonchev–Trinajstić information content (AvgIpc) is 2.96. The lowest BCUT2D eigenvalue weighted by Crippen LogP contribution is -2.52. The number of nitrogens with one attached hydrogen (secondary N) is 1. The zero-order valence-electron chi connectivity index (χ0n) is 13.8. The molecule has 0 aliphatic carbocycles. The molecule has 2 rings (SSSR count). The molecule has 1 N–H and O–H groups in total. The van der Waals surface area contributed by atoms with Crippen molar-refractivity contribution in [3.8, 4) is 0 Å². The summed E-state index contributed by atoms with van der Waals surface area (Å²) in [5.74, 6) is 0.890. The summed E-state index contributed by atoms with van der Waals surface area (Å²) in [6.45, 7) is 5.42. The predicted molar refractivity (Wildman–Crippen MR) is 90.1 cm³/mol. The Morgan fingerprint density at radius 3 is 2.64 bits per heavy atom. The fourth-order valence-electron chi connectivity index (χ4n) is 3.54. The van der Waals surface area contributed by atoms with Crippen molar-refractivity contribution in [2.75, 3.05) is 33.2 Å². The van der Waals surface area contributed by atoms with E-state index >= 15 is 0 Å². The average molecular weight is 332 g/mol. The lowest BCUT2D eigenvalue weighted by atomic mass is 10.00. The van der Waals surface area contributed by atoms with Gasteiger partial charge >= 0.3 is 0 Å². The third kappa shape index (κ3) is 4.59. The van der Waals surface area contributed by atoms with E-state index in [1.54, 1.807) is 0 Å². The van der Waals surface area contributed by atoms with E-state index in [4.69, 9.17) is 0 Å². The molecule has 0 aromatic heterocycles. The summed E-state index contributed by atoms with van der Waals surface area (Å²) in [6.07, 6.45) is 5.40. The molecule has 2 fully saturated rings. The molecule has 2 aliphatic heterocycles. The van der Waals surface area contributed by atoms with Crippen LogP contribution in [0.25, 0.3) is 0 Å². The van der Waals surface area contributed by atoms with Gasteiger partial charge in [0.1, 0.15) is 6.04 Å². The van der Waals surface area contributed by atoms with E-state index < -0.39 is 0 Å². The van der Waals surface area contributed by atoms with Gasteiger partial charge in [0.2, 0.25) is 11.8 Å². The number of likely N-dealkylation sites (tertiary alicyclic amines) is 2. The summed E-state index contributed by atoms with van der Waals surface area (Å²) >= 11 is 0. The topological polar surface area (TPSA) is 52.7 Å². The first kappa shape index (κ1) is 19.2. The molecule has 2 saturated heterocycles.